The molecule has 6 heteroatoms. The third kappa shape index (κ3) is 2.16. The van der Waals surface area contributed by atoms with E-state index in [2.05, 4.69) is 22.4 Å². The van der Waals surface area contributed by atoms with Crippen molar-refractivity contribution >= 4 is 5.69 Å². The van der Waals surface area contributed by atoms with Crippen LogP contribution in [0.4, 0.5) is 5.69 Å². The highest BCUT2D eigenvalue weighted by Crippen LogP contribution is 2.31. The fourth-order valence-corrected chi connectivity index (χ4v) is 2.74. The summed E-state index contributed by atoms with van der Waals surface area (Å²) in [4.78, 5) is 0. The Balaban J connectivity index is 2.05. The summed E-state index contributed by atoms with van der Waals surface area (Å²) >= 11 is 0. The third-order valence-electron chi connectivity index (χ3n) is 3.89. The Kier molecular flexibility index (Phi) is 3.17. The first-order valence-electron chi connectivity index (χ1n) is 6.83. The maximum absolute atomic E-state index is 5.81. The van der Waals surface area contributed by atoms with Crippen LogP contribution >= 0.6 is 0 Å². The second-order valence-corrected chi connectivity index (χ2v) is 5.64. The molecule has 1 aromatic heterocycles. The molecule has 0 amide bonds. The van der Waals surface area contributed by atoms with Gasteiger partial charge < -0.3 is 10.5 Å². The van der Waals surface area contributed by atoms with Gasteiger partial charge in [-0.3, -0.25) is 0 Å². The lowest BCUT2D eigenvalue weighted by molar-refractivity contribution is 0.00348. The molecule has 1 aliphatic rings. The van der Waals surface area contributed by atoms with E-state index in [-0.39, 0.29) is 5.54 Å². The van der Waals surface area contributed by atoms with Gasteiger partial charge in [-0.25, -0.2) is 4.68 Å². The number of rotatable bonds is 2. The van der Waals surface area contributed by atoms with Crippen molar-refractivity contribution in [3.05, 3.63) is 23.8 Å². The lowest BCUT2D eigenvalue weighted by atomic mass is 9.94. The maximum atomic E-state index is 5.81. The predicted molar refractivity (Wildman–Crippen MR) is 76.1 cm³/mol. The van der Waals surface area contributed by atoms with Gasteiger partial charge in [0, 0.05) is 17.9 Å². The van der Waals surface area contributed by atoms with Gasteiger partial charge in [-0.05, 0) is 60.9 Å². The van der Waals surface area contributed by atoms with Crippen molar-refractivity contribution in [2.24, 2.45) is 0 Å². The first-order valence-corrected chi connectivity index (χ1v) is 6.83. The van der Waals surface area contributed by atoms with Gasteiger partial charge in [0.2, 0.25) is 0 Å². The van der Waals surface area contributed by atoms with Crippen LogP contribution in [0, 0.1) is 6.92 Å². The minimum Gasteiger partial charge on any atom is -0.399 e. The molecule has 2 heterocycles. The minimum absolute atomic E-state index is 0.190. The van der Waals surface area contributed by atoms with E-state index in [4.69, 9.17) is 10.5 Å². The first-order chi connectivity index (χ1) is 9.60. The molecule has 1 fully saturated rings. The van der Waals surface area contributed by atoms with Gasteiger partial charge in [0.1, 0.15) is 0 Å². The summed E-state index contributed by atoms with van der Waals surface area (Å²) < 4.78 is 7.51. The van der Waals surface area contributed by atoms with Crippen LogP contribution in [0.5, 0.6) is 0 Å². The highest BCUT2D eigenvalue weighted by atomic mass is 16.5. The molecule has 20 heavy (non-hydrogen) atoms. The smallest absolute Gasteiger partial charge is 0.182 e. The van der Waals surface area contributed by atoms with E-state index in [0.717, 1.165) is 42.1 Å². The molecule has 0 spiro atoms. The Labute approximate surface area is 117 Å². The van der Waals surface area contributed by atoms with Crippen LogP contribution in [0.15, 0.2) is 18.2 Å². The van der Waals surface area contributed by atoms with Gasteiger partial charge >= 0.3 is 0 Å². The fraction of sp³-hybridized carbons (Fsp3) is 0.500. The third-order valence-corrected chi connectivity index (χ3v) is 3.89. The number of ether oxygens (including phenoxy) is 1. The number of nitrogens with two attached hydrogens (primary N) is 1. The normalized spacial score (nSPS) is 22.9. The lowest BCUT2D eigenvalue weighted by Gasteiger charge is -2.33. The van der Waals surface area contributed by atoms with E-state index in [1.54, 1.807) is 0 Å². The van der Waals surface area contributed by atoms with Crippen molar-refractivity contribution < 1.29 is 4.74 Å². The van der Waals surface area contributed by atoms with E-state index in [1.165, 1.54) is 0 Å². The average molecular weight is 273 g/mol. The van der Waals surface area contributed by atoms with Crippen molar-refractivity contribution in [1.82, 2.24) is 20.2 Å². The highest BCUT2D eigenvalue weighted by Gasteiger charge is 2.33. The van der Waals surface area contributed by atoms with Crippen LogP contribution in [0.25, 0.3) is 11.4 Å². The van der Waals surface area contributed by atoms with Crippen LogP contribution in [0.1, 0.15) is 25.3 Å². The molecule has 0 aliphatic carbocycles. The highest BCUT2D eigenvalue weighted by molar-refractivity contribution is 5.63. The number of hydrogen-bond acceptors (Lipinski definition) is 5. The van der Waals surface area contributed by atoms with Gasteiger partial charge in [0.25, 0.3) is 0 Å². The Morgan fingerprint density at radius 3 is 2.95 bits per heavy atom. The van der Waals surface area contributed by atoms with Crippen molar-refractivity contribution in [1.29, 1.82) is 0 Å². The van der Waals surface area contributed by atoms with Crippen molar-refractivity contribution in [2.45, 2.75) is 32.2 Å². The van der Waals surface area contributed by atoms with E-state index in [0.29, 0.717) is 6.61 Å². The van der Waals surface area contributed by atoms with Gasteiger partial charge in [0.15, 0.2) is 5.82 Å². The average Bonchev–Trinajstić information content (AvgIpc) is 2.89. The molecule has 1 atom stereocenters. The molecule has 106 valence electrons. The second-order valence-electron chi connectivity index (χ2n) is 5.64. The van der Waals surface area contributed by atoms with Crippen molar-refractivity contribution in [2.75, 3.05) is 18.9 Å². The van der Waals surface area contributed by atoms with E-state index in [9.17, 15) is 0 Å². The Morgan fingerprint density at radius 2 is 2.25 bits per heavy atom. The molecule has 0 bridgehead atoms. The largest absolute Gasteiger partial charge is 0.399 e. The van der Waals surface area contributed by atoms with Crippen LogP contribution in [0.3, 0.4) is 0 Å². The van der Waals surface area contributed by atoms with E-state index >= 15 is 0 Å². The minimum atomic E-state index is -0.190. The molecule has 0 saturated carbocycles. The quantitative estimate of drug-likeness (QED) is 0.843. The number of nitrogen functional groups attached to an aromatic ring is 1. The van der Waals surface area contributed by atoms with Gasteiger partial charge in [-0.2, -0.15) is 0 Å². The summed E-state index contributed by atoms with van der Waals surface area (Å²) in [5.41, 5.74) is 8.45. The maximum Gasteiger partial charge on any atom is 0.182 e. The molecule has 1 aromatic carbocycles. The van der Waals surface area contributed by atoms with E-state index in [1.807, 2.05) is 29.8 Å². The monoisotopic (exact) mass is 273 g/mol. The summed E-state index contributed by atoms with van der Waals surface area (Å²) in [7, 11) is 0. The van der Waals surface area contributed by atoms with Crippen LogP contribution < -0.4 is 5.73 Å². The van der Waals surface area contributed by atoms with Gasteiger partial charge in [0.05, 0.1) is 12.1 Å². The fourth-order valence-electron chi connectivity index (χ4n) is 2.74. The molecule has 1 unspecified atom stereocenters. The number of tetrazole rings is 1. The Bertz CT molecular complexity index is 616. The molecule has 3 rings (SSSR count). The summed E-state index contributed by atoms with van der Waals surface area (Å²) in [5.74, 6) is 0.774. The zero-order valence-corrected chi connectivity index (χ0v) is 11.8. The van der Waals surface area contributed by atoms with Gasteiger partial charge in [-0.1, -0.05) is 0 Å². The second kappa shape index (κ2) is 4.86. The molecule has 1 aliphatic heterocycles. The molecular formula is C14H19N5O. The molecule has 2 aromatic rings. The van der Waals surface area contributed by atoms with E-state index < -0.39 is 0 Å². The topological polar surface area (TPSA) is 78.9 Å². The summed E-state index contributed by atoms with van der Waals surface area (Å²) in [5, 5.41) is 12.3. The lowest BCUT2D eigenvalue weighted by Crippen LogP contribution is -2.40. The molecule has 1 saturated heterocycles. The zero-order valence-electron chi connectivity index (χ0n) is 11.8. The summed E-state index contributed by atoms with van der Waals surface area (Å²) in [6, 6.07) is 5.79. The first kappa shape index (κ1) is 13.1. The number of nitrogens with zero attached hydrogens (tertiary/aromatic N) is 4. The number of hydrogen-bond donors (Lipinski definition) is 1. The molecule has 2 N–H and O–H groups in total. The number of aromatic nitrogens is 4. The number of anilines is 1. The van der Waals surface area contributed by atoms with Crippen LogP contribution in [0.2, 0.25) is 0 Å². The van der Waals surface area contributed by atoms with Crippen molar-refractivity contribution in [3.8, 4) is 11.4 Å². The predicted octanol–water partition coefficient (Wildman–Crippen LogP) is 1.76. The Morgan fingerprint density at radius 1 is 1.40 bits per heavy atom. The Hall–Kier alpha value is -1.95. The number of benzene rings is 1. The molecule has 6 nitrogen and oxygen atoms in total. The van der Waals surface area contributed by atoms with Crippen molar-refractivity contribution in [3.63, 3.8) is 0 Å². The zero-order chi connectivity index (χ0) is 14.2. The van der Waals surface area contributed by atoms with Crippen LogP contribution in [-0.4, -0.2) is 33.4 Å². The SMILES string of the molecule is Cc1cc(N)ccc1-c1nnnn1C1(C)CCCOC1. The summed E-state index contributed by atoms with van der Waals surface area (Å²) in [6.45, 7) is 5.61. The van der Waals surface area contributed by atoms with Gasteiger partial charge in [-0.15, -0.1) is 5.10 Å². The standard InChI is InChI=1S/C14H19N5O/c1-10-8-11(15)4-5-12(10)13-16-17-18-19(13)14(2)6-3-7-20-9-14/h4-5,8H,3,6-7,9,15H2,1-2H3. The number of aryl methyl sites for hydroxylation is 1. The van der Waals surface area contributed by atoms with Crippen LogP contribution in [-0.2, 0) is 10.3 Å². The molecular weight excluding hydrogens is 254 g/mol. The molecule has 0 radical (unpaired) electrons. The summed E-state index contributed by atoms with van der Waals surface area (Å²) in [6.07, 6.45) is 2.04.